The number of nitrogens with two attached hydrogens (primary N) is 1. The average molecular weight is 491 g/mol. The Morgan fingerprint density at radius 2 is 1.85 bits per heavy atom. The van der Waals surface area contributed by atoms with Gasteiger partial charge in [-0.15, -0.1) is 0 Å². The third kappa shape index (κ3) is 5.84. The molecular weight excluding hydrogens is 467 g/mol. The summed E-state index contributed by atoms with van der Waals surface area (Å²) in [4.78, 5) is 42.0. The number of carbonyl (C=O) groups excluding carboxylic acids is 1. The van der Waals surface area contributed by atoms with Gasteiger partial charge in [0.25, 0.3) is 5.56 Å². The third-order valence-electron chi connectivity index (χ3n) is 5.13. The summed E-state index contributed by atoms with van der Waals surface area (Å²) in [6, 6.07) is 14.4. The van der Waals surface area contributed by atoms with E-state index in [4.69, 9.17) is 33.7 Å². The number of hydrogen-bond acceptors (Lipinski definition) is 5. The van der Waals surface area contributed by atoms with Gasteiger partial charge in [-0.1, -0.05) is 65.7 Å². The summed E-state index contributed by atoms with van der Waals surface area (Å²) in [6.45, 7) is 0.421. The van der Waals surface area contributed by atoms with Gasteiger partial charge in [-0.25, -0.2) is 4.79 Å². The minimum Gasteiger partial charge on any atom is -0.383 e. The molecule has 0 saturated carbocycles. The van der Waals surface area contributed by atoms with Crippen LogP contribution in [0, 0.1) is 0 Å². The van der Waals surface area contributed by atoms with Crippen LogP contribution in [0.15, 0.2) is 58.1 Å². The van der Waals surface area contributed by atoms with Gasteiger partial charge in [0.15, 0.2) is 5.69 Å². The number of aryl methyl sites for hydroxylation is 1. The standard InChI is InChI=1S/C23H24Cl2N4O4/c1-33-13-12-28-21(26)20(22(31)27-23(28)32)29(14-15-6-3-2-4-7-15)18(30)11-10-16-8-5-9-17(24)19(16)25/h2-9H,10-14,26H2,1H3,(H,27,31,32). The molecule has 0 radical (unpaired) electrons. The van der Waals surface area contributed by atoms with Crippen LogP contribution < -0.4 is 21.9 Å². The lowest BCUT2D eigenvalue weighted by Crippen LogP contribution is -2.41. The normalized spacial score (nSPS) is 10.9. The first-order valence-electron chi connectivity index (χ1n) is 10.2. The van der Waals surface area contributed by atoms with Crippen LogP contribution in [0.1, 0.15) is 17.5 Å². The second-order valence-electron chi connectivity index (χ2n) is 7.32. The van der Waals surface area contributed by atoms with E-state index < -0.39 is 11.2 Å². The Bertz CT molecular complexity index is 1240. The predicted molar refractivity (Wildman–Crippen MR) is 130 cm³/mol. The monoisotopic (exact) mass is 490 g/mol. The SMILES string of the molecule is COCCn1c(N)c(N(Cc2ccccc2)C(=O)CCc2cccc(Cl)c2Cl)c(=O)[nH]c1=O. The quantitative estimate of drug-likeness (QED) is 0.478. The molecule has 0 spiro atoms. The number of aromatic amines is 1. The van der Waals surface area contributed by atoms with Crippen molar-refractivity contribution in [2.45, 2.75) is 25.9 Å². The summed E-state index contributed by atoms with van der Waals surface area (Å²) in [6.07, 6.45) is 0.355. The number of carbonyl (C=O) groups is 1. The van der Waals surface area contributed by atoms with Gasteiger partial charge in [0.1, 0.15) is 5.82 Å². The number of nitrogen functional groups attached to an aromatic ring is 1. The summed E-state index contributed by atoms with van der Waals surface area (Å²) >= 11 is 12.3. The molecule has 0 saturated heterocycles. The number of amides is 1. The molecule has 0 bridgehead atoms. The van der Waals surface area contributed by atoms with E-state index in [2.05, 4.69) is 4.98 Å². The Hall–Kier alpha value is -3.07. The van der Waals surface area contributed by atoms with Crippen molar-refractivity contribution in [3.8, 4) is 0 Å². The van der Waals surface area contributed by atoms with Gasteiger partial charge in [-0.3, -0.25) is 19.1 Å². The largest absolute Gasteiger partial charge is 0.383 e. The molecule has 3 N–H and O–H groups in total. The van der Waals surface area contributed by atoms with Crippen LogP contribution in [-0.2, 0) is 29.0 Å². The van der Waals surface area contributed by atoms with Crippen molar-refractivity contribution < 1.29 is 9.53 Å². The molecule has 0 atom stereocenters. The molecule has 0 aliphatic carbocycles. The summed E-state index contributed by atoms with van der Waals surface area (Å²) in [5, 5.41) is 0.778. The number of H-pyrrole nitrogens is 1. The van der Waals surface area contributed by atoms with E-state index in [1.807, 2.05) is 30.3 Å². The average Bonchev–Trinajstić information content (AvgIpc) is 2.79. The number of nitrogens with zero attached hydrogens (tertiary/aromatic N) is 2. The van der Waals surface area contributed by atoms with Crippen molar-refractivity contribution in [1.29, 1.82) is 0 Å². The van der Waals surface area contributed by atoms with Gasteiger partial charge in [0.2, 0.25) is 5.91 Å². The van der Waals surface area contributed by atoms with Crippen LogP contribution in [-0.4, -0.2) is 29.2 Å². The second kappa shape index (κ2) is 11.2. The summed E-state index contributed by atoms with van der Waals surface area (Å²) in [5.74, 6) is -0.463. The molecule has 0 fully saturated rings. The van der Waals surface area contributed by atoms with Gasteiger partial charge in [-0.2, -0.15) is 0 Å². The topological polar surface area (TPSA) is 110 Å². The van der Waals surface area contributed by atoms with Gasteiger partial charge in [0, 0.05) is 13.5 Å². The zero-order chi connectivity index (χ0) is 24.0. The van der Waals surface area contributed by atoms with E-state index in [-0.39, 0.29) is 43.5 Å². The predicted octanol–water partition coefficient (Wildman–Crippen LogP) is 3.24. The number of hydrogen-bond donors (Lipinski definition) is 2. The van der Waals surface area contributed by atoms with Gasteiger partial charge in [-0.05, 0) is 23.6 Å². The molecule has 3 rings (SSSR count). The van der Waals surface area contributed by atoms with Crippen LogP contribution in [0.5, 0.6) is 0 Å². The van der Waals surface area contributed by atoms with E-state index in [1.54, 1.807) is 18.2 Å². The van der Waals surface area contributed by atoms with E-state index in [0.29, 0.717) is 22.0 Å². The van der Waals surface area contributed by atoms with E-state index in [0.717, 1.165) is 5.56 Å². The highest BCUT2D eigenvalue weighted by Gasteiger charge is 2.24. The number of halogens is 2. The maximum atomic E-state index is 13.4. The molecule has 8 nitrogen and oxygen atoms in total. The van der Waals surface area contributed by atoms with Crippen LogP contribution in [0.4, 0.5) is 11.5 Å². The number of benzene rings is 2. The first-order valence-corrected chi connectivity index (χ1v) is 11.0. The molecule has 0 aliphatic heterocycles. The highest BCUT2D eigenvalue weighted by Crippen LogP contribution is 2.27. The van der Waals surface area contributed by atoms with Crippen LogP contribution in [0.3, 0.4) is 0 Å². The van der Waals surface area contributed by atoms with Gasteiger partial charge < -0.3 is 15.4 Å². The van der Waals surface area contributed by atoms with Crippen molar-refractivity contribution in [2.24, 2.45) is 0 Å². The van der Waals surface area contributed by atoms with Crippen molar-refractivity contribution in [3.63, 3.8) is 0 Å². The molecule has 3 aromatic rings. The zero-order valence-corrected chi connectivity index (χ0v) is 19.5. The Morgan fingerprint density at radius 3 is 2.55 bits per heavy atom. The van der Waals surface area contributed by atoms with Crippen molar-refractivity contribution in [1.82, 2.24) is 9.55 Å². The lowest BCUT2D eigenvalue weighted by Gasteiger charge is -2.25. The lowest BCUT2D eigenvalue weighted by molar-refractivity contribution is -0.118. The number of rotatable bonds is 9. The molecule has 1 aromatic heterocycles. The lowest BCUT2D eigenvalue weighted by atomic mass is 10.1. The van der Waals surface area contributed by atoms with Crippen molar-refractivity contribution in [2.75, 3.05) is 24.4 Å². The zero-order valence-electron chi connectivity index (χ0n) is 18.0. The maximum absolute atomic E-state index is 13.4. The van der Waals surface area contributed by atoms with Gasteiger partial charge in [0.05, 0.1) is 29.7 Å². The molecule has 1 amide bonds. The summed E-state index contributed by atoms with van der Waals surface area (Å²) in [5.41, 5.74) is 6.23. The van der Waals surface area contributed by atoms with Crippen molar-refractivity contribution >= 4 is 40.6 Å². The second-order valence-corrected chi connectivity index (χ2v) is 8.10. The maximum Gasteiger partial charge on any atom is 0.330 e. The van der Waals surface area contributed by atoms with Crippen molar-refractivity contribution in [3.05, 3.63) is 90.5 Å². The smallest absolute Gasteiger partial charge is 0.330 e. The van der Waals surface area contributed by atoms with Crippen LogP contribution in [0.25, 0.3) is 0 Å². The number of aromatic nitrogens is 2. The molecule has 0 unspecified atom stereocenters. The first-order chi connectivity index (χ1) is 15.8. The van der Waals surface area contributed by atoms with Crippen LogP contribution >= 0.6 is 23.2 Å². The van der Waals surface area contributed by atoms with E-state index in [1.165, 1.54) is 16.6 Å². The first kappa shape index (κ1) is 24.6. The molecule has 2 aromatic carbocycles. The fourth-order valence-electron chi connectivity index (χ4n) is 3.42. The van der Waals surface area contributed by atoms with E-state index >= 15 is 0 Å². The molecule has 33 heavy (non-hydrogen) atoms. The summed E-state index contributed by atoms with van der Waals surface area (Å²) < 4.78 is 6.21. The fraction of sp³-hybridized carbons (Fsp3) is 0.261. The minimum atomic E-state index is -0.740. The highest BCUT2D eigenvalue weighted by molar-refractivity contribution is 6.42. The molecule has 0 aliphatic rings. The van der Waals surface area contributed by atoms with E-state index in [9.17, 15) is 14.4 Å². The summed E-state index contributed by atoms with van der Waals surface area (Å²) in [7, 11) is 1.49. The highest BCUT2D eigenvalue weighted by atomic mass is 35.5. The third-order valence-corrected chi connectivity index (χ3v) is 5.99. The number of ether oxygens (including phenoxy) is 1. The molecule has 1 heterocycles. The number of nitrogens with one attached hydrogen (secondary N) is 1. The molecular formula is C23H24Cl2N4O4. The molecule has 10 heteroatoms. The Kier molecular flexibility index (Phi) is 8.32. The number of methoxy groups -OCH3 is 1. The Labute approximate surface area is 200 Å². The van der Waals surface area contributed by atoms with Gasteiger partial charge >= 0.3 is 5.69 Å². The fourth-order valence-corrected chi connectivity index (χ4v) is 3.83. The Balaban J connectivity index is 1.99. The minimum absolute atomic E-state index is 0.0446. The number of anilines is 2. The Morgan fingerprint density at radius 1 is 1.12 bits per heavy atom. The molecule has 174 valence electrons. The van der Waals surface area contributed by atoms with Crippen LogP contribution in [0.2, 0.25) is 10.0 Å².